The van der Waals surface area contributed by atoms with Crippen molar-refractivity contribution < 1.29 is 9.53 Å². The number of amides is 1. The molecular formula is C14H15BrClNO2. The van der Waals surface area contributed by atoms with Crippen LogP contribution in [0.5, 0.6) is 0 Å². The summed E-state index contributed by atoms with van der Waals surface area (Å²) >= 11 is 9.34. The van der Waals surface area contributed by atoms with Crippen LogP contribution in [-0.4, -0.2) is 37.6 Å². The highest BCUT2D eigenvalue weighted by Crippen LogP contribution is 2.24. The summed E-state index contributed by atoms with van der Waals surface area (Å²) in [4.78, 5) is 14.2. The normalized spacial score (nSPS) is 15.3. The zero-order chi connectivity index (χ0) is 13.8. The quantitative estimate of drug-likeness (QED) is 0.785. The molecule has 1 aromatic carbocycles. The fourth-order valence-electron chi connectivity index (χ4n) is 2.04. The molecule has 0 aromatic heterocycles. The summed E-state index contributed by atoms with van der Waals surface area (Å²) in [5.41, 5.74) is 1.85. The first-order chi connectivity index (χ1) is 9.11. The summed E-state index contributed by atoms with van der Waals surface area (Å²) < 4.78 is 5.87. The number of carbonyl (C=O) groups excluding carboxylic acids is 1. The van der Waals surface area contributed by atoms with E-state index in [1.54, 1.807) is 25.3 Å². The highest BCUT2D eigenvalue weighted by molar-refractivity contribution is 9.10. The Hall–Kier alpha value is -0.840. The zero-order valence-electron chi connectivity index (χ0n) is 10.7. The third kappa shape index (κ3) is 3.59. The molecule has 0 bridgehead atoms. The van der Waals surface area contributed by atoms with Gasteiger partial charge in [0.2, 0.25) is 0 Å². The van der Waals surface area contributed by atoms with E-state index in [1.807, 2.05) is 4.90 Å². The second kappa shape index (κ2) is 6.55. The van der Waals surface area contributed by atoms with Gasteiger partial charge in [-0.05, 0) is 46.1 Å². The van der Waals surface area contributed by atoms with Crippen molar-refractivity contribution in [1.82, 2.24) is 4.90 Å². The van der Waals surface area contributed by atoms with Crippen LogP contribution in [0.15, 0.2) is 34.3 Å². The van der Waals surface area contributed by atoms with E-state index in [9.17, 15) is 4.79 Å². The van der Waals surface area contributed by atoms with Crippen molar-refractivity contribution >= 4 is 33.4 Å². The van der Waals surface area contributed by atoms with E-state index in [0.29, 0.717) is 30.3 Å². The predicted molar refractivity (Wildman–Crippen MR) is 79.6 cm³/mol. The summed E-state index contributed by atoms with van der Waals surface area (Å²) in [7, 11) is 1.68. The lowest BCUT2D eigenvalue weighted by Crippen LogP contribution is -2.35. The first kappa shape index (κ1) is 14.6. The number of benzene rings is 1. The number of rotatable bonds is 3. The average Bonchev–Trinajstić information content (AvgIpc) is 2.42. The van der Waals surface area contributed by atoms with Gasteiger partial charge in [0.15, 0.2) is 0 Å². The fourth-order valence-corrected chi connectivity index (χ4v) is 2.63. The van der Waals surface area contributed by atoms with Crippen LogP contribution in [0.2, 0.25) is 5.02 Å². The van der Waals surface area contributed by atoms with Gasteiger partial charge < -0.3 is 9.64 Å². The summed E-state index contributed by atoms with van der Waals surface area (Å²) in [6.07, 6.45) is 2.92. The van der Waals surface area contributed by atoms with E-state index in [2.05, 4.69) is 22.0 Å². The van der Waals surface area contributed by atoms with Crippen LogP contribution < -0.4 is 0 Å². The van der Waals surface area contributed by atoms with Gasteiger partial charge in [-0.1, -0.05) is 17.7 Å². The molecule has 0 saturated heterocycles. The number of nitrogens with zero attached hydrogens (tertiary/aromatic N) is 1. The Morgan fingerprint density at radius 3 is 2.95 bits per heavy atom. The minimum absolute atomic E-state index is 0.00194. The minimum atomic E-state index is 0.00194. The topological polar surface area (TPSA) is 29.5 Å². The van der Waals surface area contributed by atoms with E-state index in [1.165, 1.54) is 5.57 Å². The van der Waals surface area contributed by atoms with E-state index >= 15 is 0 Å². The van der Waals surface area contributed by atoms with Gasteiger partial charge in [0, 0.05) is 29.7 Å². The minimum Gasteiger partial charge on any atom is -0.380 e. The number of halogens is 2. The lowest BCUT2D eigenvalue weighted by molar-refractivity contribution is 0.0764. The van der Waals surface area contributed by atoms with Crippen LogP contribution in [0, 0.1) is 0 Å². The van der Waals surface area contributed by atoms with Crippen LogP contribution in [0.4, 0.5) is 0 Å². The van der Waals surface area contributed by atoms with Crippen LogP contribution in [0.25, 0.3) is 0 Å². The lowest BCUT2D eigenvalue weighted by Gasteiger charge is -2.26. The van der Waals surface area contributed by atoms with Crippen LogP contribution in [0.1, 0.15) is 16.8 Å². The molecule has 3 nitrogen and oxygen atoms in total. The van der Waals surface area contributed by atoms with Crippen LogP contribution >= 0.6 is 27.5 Å². The molecule has 1 heterocycles. The monoisotopic (exact) mass is 343 g/mol. The first-order valence-corrected chi connectivity index (χ1v) is 7.20. The Labute approximate surface area is 126 Å². The fraction of sp³-hybridized carbons (Fsp3) is 0.357. The molecule has 0 N–H and O–H groups in total. The largest absolute Gasteiger partial charge is 0.380 e. The SMILES string of the molecule is COCC1=CCN(C(=O)c2cc(Cl)ccc2Br)CC1. The van der Waals surface area contributed by atoms with Crippen molar-refractivity contribution in [2.45, 2.75) is 6.42 Å². The van der Waals surface area contributed by atoms with Crippen LogP contribution in [-0.2, 0) is 4.74 Å². The molecular weight excluding hydrogens is 330 g/mol. The van der Waals surface area contributed by atoms with E-state index < -0.39 is 0 Å². The number of hydrogen-bond donors (Lipinski definition) is 0. The number of ether oxygens (including phenoxy) is 1. The molecule has 1 aromatic rings. The third-order valence-electron chi connectivity index (χ3n) is 3.08. The summed E-state index contributed by atoms with van der Waals surface area (Å²) in [6.45, 7) is 1.98. The molecule has 0 unspecified atom stereocenters. The van der Waals surface area contributed by atoms with Gasteiger partial charge >= 0.3 is 0 Å². The molecule has 19 heavy (non-hydrogen) atoms. The van der Waals surface area contributed by atoms with E-state index in [4.69, 9.17) is 16.3 Å². The Bertz CT molecular complexity index is 516. The van der Waals surface area contributed by atoms with Gasteiger partial charge in [-0.2, -0.15) is 0 Å². The predicted octanol–water partition coefficient (Wildman–Crippen LogP) is 3.52. The Kier molecular flexibility index (Phi) is 5.02. The molecule has 0 spiro atoms. The van der Waals surface area contributed by atoms with Crippen LogP contribution in [0.3, 0.4) is 0 Å². The maximum atomic E-state index is 12.4. The second-order valence-corrected chi connectivity index (χ2v) is 5.71. The molecule has 0 radical (unpaired) electrons. The average molecular weight is 345 g/mol. The Balaban J connectivity index is 2.11. The van der Waals surface area contributed by atoms with Crippen molar-refractivity contribution in [2.24, 2.45) is 0 Å². The maximum Gasteiger partial charge on any atom is 0.255 e. The lowest BCUT2D eigenvalue weighted by atomic mass is 10.1. The number of carbonyl (C=O) groups is 1. The zero-order valence-corrected chi connectivity index (χ0v) is 13.0. The Morgan fingerprint density at radius 2 is 2.32 bits per heavy atom. The maximum absolute atomic E-state index is 12.4. The molecule has 0 atom stereocenters. The first-order valence-electron chi connectivity index (χ1n) is 6.03. The third-order valence-corrected chi connectivity index (χ3v) is 4.01. The molecule has 5 heteroatoms. The van der Waals surface area contributed by atoms with Crippen molar-refractivity contribution in [3.05, 3.63) is 44.9 Å². The van der Waals surface area contributed by atoms with Gasteiger partial charge in [0.25, 0.3) is 5.91 Å². The summed E-state index contributed by atoms with van der Waals surface area (Å²) in [5.74, 6) is 0.00194. The van der Waals surface area contributed by atoms with Crippen molar-refractivity contribution in [3.63, 3.8) is 0 Å². The summed E-state index contributed by atoms with van der Waals surface area (Å²) in [6, 6.07) is 5.25. The van der Waals surface area contributed by atoms with E-state index in [-0.39, 0.29) is 5.91 Å². The van der Waals surface area contributed by atoms with Gasteiger partial charge in [-0.15, -0.1) is 0 Å². The molecule has 102 valence electrons. The second-order valence-electron chi connectivity index (χ2n) is 4.42. The van der Waals surface area contributed by atoms with Gasteiger partial charge in [-0.25, -0.2) is 0 Å². The summed E-state index contributed by atoms with van der Waals surface area (Å²) in [5, 5.41) is 0.569. The van der Waals surface area contributed by atoms with Gasteiger partial charge in [0.1, 0.15) is 0 Å². The standard InChI is InChI=1S/C14H15BrClNO2/c1-19-9-10-4-6-17(7-5-10)14(18)12-8-11(16)2-3-13(12)15/h2-4,8H,5-7,9H2,1H3. The van der Waals surface area contributed by atoms with Crippen molar-refractivity contribution in [2.75, 3.05) is 26.8 Å². The molecule has 1 aliphatic heterocycles. The Morgan fingerprint density at radius 1 is 1.53 bits per heavy atom. The van der Waals surface area contributed by atoms with Crippen molar-refractivity contribution in [3.8, 4) is 0 Å². The smallest absolute Gasteiger partial charge is 0.255 e. The highest BCUT2D eigenvalue weighted by atomic mass is 79.9. The number of hydrogen-bond acceptors (Lipinski definition) is 2. The molecule has 0 saturated carbocycles. The van der Waals surface area contributed by atoms with Gasteiger partial charge in [0.05, 0.1) is 12.2 Å². The molecule has 0 aliphatic carbocycles. The molecule has 1 aliphatic rings. The molecule has 0 fully saturated rings. The number of methoxy groups -OCH3 is 1. The van der Waals surface area contributed by atoms with Crippen molar-refractivity contribution in [1.29, 1.82) is 0 Å². The van der Waals surface area contributed by atoms with Gasteiger partial charge in [-0.3, -0.25) is 4.79 Å². The molecule has 1 amide bonds. The highest BCUT2D eigenvalue weighted by Gasteiger charge is 2.20. The van der Waals surface area contributed by atoms with E-state index in [0.717, 1.165) is 10.9 Å². The molecule has 2 rings (SSSR count).